The number of rotatable bonds is 2. The lowest BCUT2D eigenvalue weighted by molar-refractivity contribution is 1.23. The largest absolute Gasteiger partial charge is 0.388 e. The number of benzene rings is 2. The molecule has 0 unspecified atom stereocenters. The zero-order chi connectivity index (χ0) is 13.2. The van der Waals surface area contributed by atoms with Gasteiger partial charge in [-0.1, -0.05) is 24.3 Å². The fourth-order valence-electron chi connectivity index (χ4n) is 2.04. The van der Waals surface area contributed by atoms with Crippen molar-refractivity contribution in [2.45, 2.75) is 0 Å². The molecular weight excluding hydrogens is 236 g/mol. The molecule has 0 saturated carbocycles. The Kier molecular flexibility index (Phi) is 2.76. The van der Waals surface area contributed by atoms with Crippen LogP contribution in [0.2, 0.25) is 0 Å². The van der Waals surface area contributed by atoms with E-state index in [4.69, 9.17) is 5.73 Å². The summed E-state index contributed by atoms with van der Waals surface area (Å²) in [6.45, 7) is 0. The van der Waals surface area contributed by atoms with Gasteiger partial charge >= 0.3 is 0 Å². The third kappa shape index (κ3) is 2.08. The summed E-state index contributed by atoms with van der Waals surface area (Å²) in [4.78, 5) is 8.95. The predicted octanol–water partition coefficient (Wildman–Crippen LogP) is 2.92. The van der Waals surface area contributed by atoms with Crippen LogP contribution in [0.1, 0.15) is 0 Å². The number of nitrogens with one attached hydrogen (secondary N) is 1. The summed E-state index contributed by atoms with van der Waals surface area (Å²) < 4.78 is 0. The summed E-state index contributed by atoms with van der Waals surface area (Å²) in [5.74, 6) is 1.16. The number of para-hydroxylation sites is 1. The summed E-state index contributed by atoms with van der Waals surface area (Å²) >= 11 is 0. The first-order chi connectivity index (χ1) is 9.28. The van der Waals surface area contributed by atoms with E-state index in [9.17, 15) is 0 Å². The van der Waals surface area contributed by atoms with E-state index < -0.39 is 0 Å². The highest BCUT2D eigenvalue weighted by Gasteiger charge is 2.07. The van der Waals surface area contributed by atoms with Gasteiger partial charge in [0.25, 0.3) is 0 Å². The molecular formula is C15H14N4. The maximum atomic E-state index is 6.00. The van der Waals surface area contributed by atoms with Crippen molar-refractivity contribution in [3.63, 3.8) is 0 Å². The van der Waals surface area contributed by atoms with Crippen LogP contribution >= 0.6 is 0 Å². The molecule has 0 amide bonds. The van der Waals surface area contributed by atoms with Crippen molar-refractivity contribution in [1.29, 1.82) is 0 Å². The third-order valence-electron chi connectivity index (χ3n) is 3.04. The van der Waals surface area contributed by atoms with Crippen LogP contribution in [0.15, 0.2) is 48.5 Å². The van der Waals surface area contributed by atoms with Crippen LogP contribution in [0.25, 0.3) is 22.3 Å². The Morgan fingerprint density at radius 1 is 1.00 bits per heavy atom. The van der Waals surface area contributed by atoms with Crippen LogP contribution in [0.4, 0.5) is 11.5 Å². The number of hydrogen-bond acceptors (Lipinski definition) is 4. The molecule has 0 saturated heterocycles. The molecule has 0 spiro atoms. The highest BCUT2D eigenvalue weighted by molar-refractivity contribution is 5.89. The molecule has 0 fully saturated rings. The highest BCUT2D eigenvalue weighted by atomic mass is 14.9. The van der Waals surface area contributed by atoms with Gasteiger partial charge in [0, 0.05) is 23.7 Å². The Morgan fingerprint density at radius 2 is 1.84 bits per heavy atom. The fourth-order valence-corrected chi connectivity index (χ4v) is 2.04. The minimum absolute atomic E-state index is 0.510. The molecule has 0 bridgehead atoms. The Labute approximate surface area is 111 Å². The van der Waals surface area contributed by atoms with Crippen molar-refractivity contribution in [3.05, 3.63) is 48.5 Å². The van der Waals surface area contributed by atoms with Gasteiger partial charge in [0.1, 0.15) is 5.82 Å². The number of aromatic nitrogens is 2. The SMILES string of the molecule is CNc1cccc(-c2nc(N)c3ccccc3n2)c1. The molecule has 0 aliphatic carbocycles. The molecule has 4 nitrogen and oxygen atoms in total. The molecule has 0 aliphatic rings. The van der Waals surface area contributed by atoms with Crippen LogP contribution in [-0.4, -0.2) is 17.0 Å². The minimum Gasteiger partial charge on any atom is -0.388 e. The molecule has 3 N–H and O–H groups in total. The van der Waals surface area contributed by atoms with Gasteiger partial charge in [0.15, 0.2) is 5.82 Å². The summed E-state index contributed by atoms with van der Waals surface area (Å²) in [5.41, 5.74) is 8.83. The molecule has 3 rings (SSSR count). The number of anilines is 2. The Morgan fingerprint density at radius 3 is 2.68 bits per heavy atom. The van der Waals surface area contributed by atoms with Crippen LogP contribution in [0, 0.1) is 0 Å². The van der Waals surface area contributed by atoms with Gasteiger partial charge < -0.3 is 11.1 Å². The first kappa shape index (κ1) is 11.5. The van der Waals surface area contributed by atoms with Crippen molar-refractivity contribution in [1.82, 2.24) is 9.97 Å². The standard InChI is InChI=1S/C15H14N4/c1-17-11-6-4-5-10(9-11)15-18-13-8-3-2-7-12(13)14(16)19-15/h2-9,17H,1H3,(H2,16,18,19). The second-order valence-corrected chi connectivity index (χ2v) is 4.28. The van der Waals surface area contributed by atoms with Gasteiger partial charge in [-0.3, -0.25) is 0 Å². The third-order valence-corrected chi connectivity index (χ3v) is 3.04. The average Bonchev–Trinajstić information content (AvgIpc) is 2.47. The summed E-state index contributed by atoms with van der Waals surface area (Å²) in [6, 6.07) is 15.7. The second-order valence-electron chi connectivity index (χ2n) is 4.28. The molecule has 2 aromatic carbocycles. The first-order valence-electron chi connectivity index (χ1n) is 6.08. The molecule has 0 aliphatic heterocycles. The van der Waals surface area contributed by atoms with Gasteiger partial charge in [-0.2, -0.15) is 0 Å². The molecule has 1 aromatic heterocycles. The summed E-state index contributed by atoms with van der Waals surface area (Å²) in [7, 11) is 1.88. The average molecular weight is 250 g/mol. The van der Waals surface area contributed by atoms with Crippen molar-refractivity contribution < 1.29 is 0 Å². The highest BCUT2D eigenvalue weighted by Crippen LogP contribution is 2.24. The van der Waals surface area contributed by atoms with E-state index in [1.54, 1.807) is 0 Å². The molecule has 3 aromatic rings. The fraction of sp³-hybridized carbons (Fsp3) is 0.0667. The van der Waals surface area contributed by atoms with Crippen molar-refractivity contribution in [2.75, 3.05) is 18.1 Å². The Hall–Kier alpha value is -2.62. The van der Waals surface area contributed by atoms with Crippen LogP contribution in [-0.2, 0) is 0 Å². The lowest BCUT2D eigenvalue weighted by Gasteiger charge is -2.07. The van der Waals surface area contributed by atoms with E-state index in [0.29, 0.717) is 11.6 Å². The molecule has 0 atom stereocenters. The minimum atomic E-state index is 0.510. The molecule has 1 heterocycles. The van der Waals surface area contributed by atoms with Crippen LogP contribution in [0.3, 0.4) is 0 Å². The van der Waals surface area contributed by atoms with Gasteiger partial charge in [-0.15, -0.1) is 0 Å². The van der Waals surface area contributed by atoms with E-state index in [1.165, 1.54) is 0 Å². The number of fused-ring (bicyclic) bond motifs is 1. The maximum Gasteiger partial charge on any atom is 0.162 e. The number of nitrogens with zero attached hydrogens (tertiary/aromatic N) is 2. The Balaban J connectivity index is 2.19. The van der Waals surface area contributed by atoms with Crippen LogP contribution in [0.5, 0.6) is 0 Å². The van der Waals surface area contributed by atoms with Crippen LogP contribution < -0.4 is 11.1 Å². The van der Waals surface area contributed by atoms with E-state index in [0.717, 1.165) is 22.2 Å². The lowest BCUT2D eigenvalue weighted by atomic mass is 10.1. The predicted molar refractivity (Wildman–Crippen MR) is 78.9 cm³/mol. The maximum absolute atomic E-state index is 6.00. The van der Waals surface area contributed by atoms with E-state index in [2.05, 4.69) is 15.3 Å². The molecule has 4 heteroatoms. The second kappa shape index (κ2) is 4.57. The van der Waals surface area contributed by atoms with Gasteiger partial charge in [0.2, 0.25) is 0 Å². The number of hydrogen-bond donors (Lipinski definition) is 2. The van der Waals surface area contributed by atoms with Crippen molar-refractivity contribution >= 4 is 22.4 Å². The van der Waals surface area contributed by atoms with E-state index in [1.807, 2.05) is 55.6 Å². The van der Waals surface area contributed by atoms with Gasteiger partial charge in [-0.25, -0.2) is 9.97 Å². The number of nitrogens with two attached hydrogens (primary N) is 1. The Bertz CT molecular complexity index is 737. The van der Waals surface area contributed by atoms with Crippen molar-refractivity contribution in [3.8, 4) is 11.4 Å². The quantitative estimate of drug-likeness (QED) is 0.734. The van der Waals surface area contributed by atoms with E-state index in [-0.39, 0.29) is 0 Å². The van der Waals surface area contributed by atoms with E-state index >= 15 is 0 Å². The monoisotopic (exact) mass is 250 g/mol. The van der Waals surface area contributed by atoms with Gasteiger partial charge in [0.05, 0.1) is 5.52 Å². The van der Waals surface area contributed by atoms with Crippen molar-refractivity contribution in [2.24, 2.45) is 0 Å². The lowest BCUT2D eigenvalue weighted by Crippen LogP contribution is -1.98. The van der Waals surface area contributed by atoms with Gasteiger partial charge in [-0.05, 0) is 24.3 Å². The normalized spacial score (nSPS) is 10.6. The first-order valence-corrected chi connectivity index (χ1v) is 6.08. The summed E-state index contributed by atoms with van der Waals surface area (Å²) in [5, 5.41) is 3.99. The molecule has 0 radical (unpaired) electrons. The summed E-state index contributed by atoms with van der Waals surface area (Å²) in [6.07, 6.45) is 0. The molecule has 94 valence electrons. The zero-order valence-electron chi connectivity index (χ0n) is 10.6. The topological polar surface area (TPSA) is 63.8 Å². The smallest absolute Gasteiger partial charge is 0.162 e. The molecule has 19 heavy (non-hydrogen) atoms. The number of nitrogen functional groups attached to an aromatic ring is 1. The zero-order valence-corrected chi connectivity index (χ0v) is 10.6.